The van der Waals surface area contributed by atoms with E-state index in [9.17, 15) is 52.5 Å². The third-order valence-electron chi connectivity index (χ3n) is 9.77. The number of benzene rings is 2. The molecule has 4 heterocycles. The Kier molecular flexibility index (Phi) is 18.6. The van der Waals surface area contributed by atoms with Gasteiger partial charge in [0.05, 0.1) is 43.0 Å². The van der Waals surface area contributed by atoms with Crippen LogP contribution in [0.25, 0.3) is 0 Å². The monoisotopic (exact) mass is 1090 g/mol. The van der Waals surface area contributed by atoms with Crippen LogP contribution in [0.3, 0.4) is 0 Å². The van der Waals surface area contributed by atoms with Gasteiger partial charge in [0, 0.05) is 49.9 Å². The molecule has 0 spiro atoms. The molecule has 0 aliphatic heterocycles. The summed E-state index contributed by atoms with van der Waals surface area (Å²) in [5, 5.41) is 30.3. The zero-order valence-electron chi connectivity index (χ0n) is 36.8. The molecule has 348 valence electrons. The van der Waals surface area contributed by atoms with Gasteiger partial charge in [-0.15, -0.1) is 0 Å². The number of nitrogens with zero attached hydrogens (tertiary/aromatic N) is 6. The van der Waals surface area contributed by atoms with E-state index in [0.717, 1.165) is 27.3 Å². The number of nitrogens with one attached hydrogen (secondary N) is 3. The number of hydrogen-bond acceptors (Lipinski definition) is 12. The van der Waals surface area contributed by atoms with Crippen molar-refractivity contribution in [1.82, 2.24) is 29.1 Å². The number of aliphatic hydroxyl groups is 1. The SMILES string of the molecule is Cc1cc(C#N)cc(C(=O)c2c(C(C)C)c(=O)[nH]c(=O)n2Cc2cc(F)nc(F)c2)c1.Cc1cc(C#N)cc(C(=O)c2c(C(C)C)c(=O)[nH]c(=O)n2Cc2cc(F)nc(NCCO)c2)c1.F.[W]. The van der Waals surface area contributed by atoms with Gasteiger partial charge in [-0.2, -0.15) is 28.7 Å². The van der Waals surface area contributed by atoms with Gasteiger partial charge in [-0.3, -0.25) is 43.0 Å². The van der Waals surface area contributed by atoms with Crippen LogP contribution in [0, 0.1) is 54.4 Å². The summed E-state index contributed by atoms with van der Waals surface area (Å²) in [6.07, 6.45) is 0. The minimum atomic E-state index is -1.08. The second-order valence-corrected chi connectivity index (χ2v) is 15.5. The Balaban J connectivity index is 0.000000346. The van der Waals surface area contributed by atoms with Crippen LogP contribution in [0.5, 0.6) is 0 Å². The molecule has 0 atom stereocenters. The number of carbonyl (C=O) groups is 2. The van der Waals surface area contributed by atoms with E-state index in [1.54, 1.807) is 59.7 Å². The number of rotatable bonds is 13. The van der Waals surface area contributed by atoms with Gasteiger partial charge in [0.15, 0.2) is 0 Å². The Morgan fingerprint density at radius 3 is 1.43 bits per heavy atom. The van der Waals surface area contributed by atoms with E-state index in [4.69, 9.17) is 5.11 Å². The molecule has 0 aliphatic rings. The molecular weight excluding hydrogens is 1050 g/mol. The zero-order chi connectivity index (χ0) is 47.9. The molecule has 0 bridgehead atoms. The quantitative estimate of drug-likeness (QED) is 0.0678. The van der Waals surface area contributed by atoms with Crippen LogP contribution in [-0.2, 0) is 34.2 Å². The van der Waals surface area contributed by atoms with Crippen LogP contribution in [-0.4, -0.2) is 58.9 Å². The molecule has 0 unspecified atom stereocenters. The number of pyridine rings is 2. The van der Waals surface area contributed by atoms with Crippen LogP contribution < -0.4 is 27.8 Å². The minimum absolute atomic E-state index is 0. The first kappa shape index (κ1) is 53.9. The van der Waals surface area contributed by atoms with E-state index in [1.165, 1.54) is 24.3 Å². The van der Waals surface area contributed by atoms with E-state index >= 15 is 0 Å². The zero-order valence-corrected chi connectivity index (χ0v) is 39.7. The van der Waals surface area contributed by atoms with Gasteiger partial charge in [0.25, 0.3) is 11.1 Å². The predicted octanol–water partition coefficient (Wildman–Crippen LogP) is 5.00. The molecule has 6 aromatic rings. The van der Waals surface area contributed by atoms with Crippen molar-refractivity contribution in [1.29, 1.82) is 10.5 Å². The second kappa shape index (κ2) is 23.2. The van der Waals surface area contributed by atoms with Crippen molar-refractivity contribution in [2.75, 3.05) is 18.5 Å². The number of aromatic nitrogens is 6. The van der Waals surface area contributed by atoms with Gasteiger partial charge >= 0.3 is 11.4 Å². The molecule has 2 aromatic carbocycles. The molecule has 0 saturated carbocycles. The predicted molar refractivity (Wildman–Crippen MR) is 234 cm³/mol. The molecule has 0 saturated heterocycles. The maximum absolute atomic E-state index is 14.1. The molecule has 4 aromatic heterocycles. The summed E-state index contributed by atoms with van der Waals surface area (Å²) < 4.78 is 43.3. The Labute approximate surface area is 393 Å². The summed E-state index contributed by atoms with van der Waals surface area (Å²) >= 11 is 0. The normalized spacial score (nSPS) is 10.5. The van der Waals surface area contributed by atoms with Crippen LogP contribution in [0.2, 0.25) is 0 Å². The van der Waals surface area contributed by atoms with Crippen LogP contribution in [0.4, 0.5) is 23.7 Å². The largest absolute Gasteiger partial charge is 0.395 e. The van der Waals surface area contributed by atoms with Crippen LogP contribution in [0.1, 0.15) is 116 Å². The summed E-state index contributed by atoms with van der Waals surface area (Å²) in [6.45, 7) is 9.59. The fourth-order valence-corrected chi connectivity index (χ4v) is 7.15. The van der Waals surface area contributed by atoms with E-state index in [0.29, 0.717) is 16.7 Å². The van der Waals surface area contributed by atoms with Gasteiger partial charge in [0.2, 0.25) is 29.4 Å². The van der Waals surface area contributed by atoms with Crippen molar-refractivity contribution >= 4 is 17.4 Å². The van der Waals surface area contributed by atoms with Crippen LogP contribution >= 0.6 is 0 Å². The topological polar surface area (TPSA) is 249 Å². The summed E-state index contributed by atoms with van der Waals surface area (Å²) in [5.41, 5.74) is -0.835. The molecule has 16 nitrogen and oxygen atoms in total. The molecule has 6 rings (SSSR count). The molecule has 0 fully saturated rings. The number of ketones is 2. The van der Waals surface area contributed by atoms with Crippen molar-refractivity contribution in [2.24, 2.45) is 0 Å². The first-order chi connectivity index (χ1) is 30.7. The van der Waals surface area contributed by atoms with Crippen LogP contribution in [0.15, 0.2) is 79.8 Å². The van der Waals surface area contributed by atoms with Crippen molar-refractivity contribution in [2.45, 2.75) is 66.5 Å². The van der Waals surface area contributed by atoms with Gasteiger partial charge < -0.3 is 10.4 Å². The van der Waals surface area contributed by atoms with Gasteiger partial charge in [-0.25, -0.2) is 14.6 Å². The molecule has 0 radical (unpaired) electrons. The Morgan fingerprint density at radius 1 is 0.672 bits per heavy atom. The van der Waals surface area contributed by atoms with E-state index in [2.05, 4.69) is 25.3 Å². The van der Waals surface area contributed by atoms with Crippen molar-refractivity contribution in [3.8, 4) is 12.1 Å². The van der Waals surface area contributed by atoms with Crippen molar-refractivity contribution in [3.05, 3.63) is 187 Å². The first-order valence-corrected chi connectivity index (χ1v) is 19.9. The number of aliphatic hydroxyl groups excluding tert-OH is 1. The fraction of sp³-hybridized carbons (Fsp3) is 0.261. The maximum Gasteiger partial charge on any atom is 0.329 e. The van der Waals surface area contributed by atoms with E-state index in [-0.39, 0.29) is 108 Å². The third-order valence-corrected chi connectivity index (χ3v) is 9.77. The Morgan fingerprint density at radius 2 is 1.06 bits per heavy atom. The molecular formula is C46H43F4N9O7W. The van der Waals surface area contributed by atoms with E-state index in [1.807, 2.05) is 12.1 Å². The molecule has 21 heteroatoms. The summed E-state index contributed by atoms with van der Waals surface area (Å²) in [6, 6.07) is 17.5. The number of aryl methyl sites for hydroxylation is 2. The van der Waals surface area contributed by atoms with Gasteiger partial charge in [-0.1, -0.05) is 27.7 Å². The van der Waals surface area contributed by atoms with Gasteiger partial charge in [0.1, 0.15) is 17.2 Å². The minimum Gasteiger partial charge on any atom is -0.395 e. The second-order valence-electron chi connectivity index (χ2n) is 15.5. The number of anilines is 1. The average Bonchev–Trinajstić information content (AvgIpc) is 3.22. The fourth-order valence-electron chi connectivity index (χ4n) is 7.15. The summed E-state index contributed by atoms with van der Waals surface area (Å²) in [5.74, 6) is -4.93. The smallest absolute Gasteiger partial charge is 0.329 e. The Hall–Kier alpha value is -7.41. The van der Waals surface area contributed by atoms with E-state index < -0.39 is 63.7 Å². The molecule has 0 aliphatic carbocycles. The molecule has 0 amide bonds. The first-order valence-electron chi connectivity index (χ1n) is 19.9. The number of aromatic amines is 2. The molecule has 4 N–H and O–H groups in total. The average molecular weight is 1090 g/mol. The van der Waals surface area contributed by atoms with Gasteiger partial charge in [-0.05, 0) is 109 Å². The standard InChI is InChI=1S/C24H24FN5O4.C22H18F2N4O3.FH.W/c1-13(2)20-21(22(32)17-7-14(3)6-15(8-17)11-26)30(24(34)29-23(20)33)12-16-9-18(25)28-19(10-16)27-4-5-31;1-11(2)18-19(20(29)15-5-12(3)4-13(6-15)9-25)28(22(31)27-21(18)30)10-14-7-16(23)26-17(24)8-14;;/h6-10,13,31H,4-5,12H2,1-3H3,(H,27,28)(H,29,33,34);4-8,11H,10H2,1-3H3,(H,27,30,31);1H;. The number of H-pyrrole nitrogens is 2. The Bertz CT molecular complexity index is 3170. The molecule has 67 heavy (non-hydrogen) atoms. The van der Waals surface area contributed by atoms with Crippen molar-refractivity contribution < 1.29 is 53.6 Å². The maximum atomic E-state index is 14.1. The number of carbonyl (C=O) groups excluding carboxylic acids is 2. The summed E-state index contributed by atoms with van der Waals surface area (Å²) in [7, 11) is 0. The number of halogens is 4. The number of hydrogen-bond donors (Lipinski definition) is 4. The summed E-state index contributed by atoms with van der Waals surface area (Å²) in [4.78, 5) is 88.9. The number of nitriles is 2. The third kappa shape index (κ3) is 12.9. The van der Waals surface area contributed by atoms with Crippen molar-refractivity contribution in [3.63, 3.8) is 0 Å².